The predicted molar refractivity (Wildman–Crippen MR) is 60.4 cm³/mol. The molecule has 0 aliphatic heterocycles. The average Bonchev–Trinajstić information content (AvgIpc) is 2.20. The van der Waals surface area contributed by atoms with E-state index in [1.807, 2.05) is 6.92 Å². The Balaban J connectivity index is 3.07. The van der Waals surface area contributed by atoms with Crippen LogP contribution in [0.1, 0.15) is 18.9 Å². The van der Waals surface area contributed by atoms with E-state index in [0.717, 1.165) is 12.0 Å². The Hall–Kier alpha value is -0.530. The van der Waals surface area contributed by atoms with Crippen LogP contribution in [-0.4, -0.2) is 5.88 Å². The lowest BCUT2D eigenvalue weighted by Gasteiger charge is -2.02. The third-order valence-electron chi connectivity index (χ3n) is 1.97. The summed E-state index contributed by atoms with van der Waals surface area (Å²) in [6.07, 6.45) is 2.56. The Morgan fingerprint density at radius 2 is 2.21 bits per heavy atom. The standard InChI is InChI=1S/C11H11Cl2F/c1-2-8(7-12)6-9-4-3-5-10(13)11(9)14/h3-6H,2,7H2,1H3/b8-6-. The second-order valence-electron chi connectivity index (χ2n) is 2.93. The average molecular weight is 233 g/mol. The first kappa shape index (κ1) is 11.5. The summed E-state index contributed by atoms with van der Waals surface area (Å²) in [6, 6.07) is 4.93. The van der Waals surface area contributed by atoms with Crippen molar-refractivity contribution in [3.05, 3.63) is 40.2 Å². The lowest BCUT2D eigenvalue weighted by Crippen LogP contribution is -1.87. The van der Waals surface area contributed by atoms with Crippen LogP contribution in [0.5, 0.6) is 0 Å². The van der Waals surface area contributed by atoms with Crippen molar-refractivity contribution in [2.75, 3.05) is 5.88 Å². The monoisotopic (exact) mass is 232 g/mol. The molecular formula is C11H11Cl2F. The van der Waals surface area contributed by atoms with Gasteiger partial charge in [0.2, 0.25) is 0 Å². The Morgan fingerprint density at radius 3 is 2.79 bits per heavy atom. The van der Waals surface area contributed by atoms with Crippen molar-refractivity contribution >= 4 is 29.3 Å². The summed E-state index contributed by atoms with van der Waals surface area (Å²) < 4.78 is 13.4. The molecule has 0 spiro atoms. The highest BCUT2D eigenvalue weighted by molar-refractivity contribution is 6.30. The number of rotatable bonds is 3. The first-order valence-electron chi connectivity index (χ1n) is 4.38. The predicted octanol–water partition coefficient (Wildman–Crippen LogP) is 4.51. The number of hydrogen-bond donors (Lipinski definition) is 0. The quantitative estimate of drug-likeness (QED) is 0.673. The van der Waals surface area contributed by atoms with Gasteiger partial charge in [0.05, 0.1) is 5.02 Å². The van der Waals surface area contributed by atoms with Gasteiger partial charge in [-0.05, 0) is 12.5 Å². The van der Waals surface area contributed by atoms with E-state index >= 15 is 0 Å². The molecule has 0 bridgehead atoms. The van der Waals surface area contributed by atoms with E-state index < -0.39 is 0 Å². The smallest absolute Gasteiger partial charge is 0.148 e. The normalized spacial score (nSPS) is 11.9. The van der Waals surface area contributed by atoms with E-state index in [1.165, 1.54) is 6.07 Å². The Bertz CT molecular complexity index is 339. The van der Waals surface area contributed by atoms with Crippen molar-refractivity contribution in [3.63, 3.8) is 0 Å². The third-order valence-corrected chi connectivity index (χ3v) is 2.60. The van der Waals surface area contributed by atoms with E-state index in [1.54, 1.807) is 18.2 Å². The summed E-state index contributed by atoms with van der Waals surface area (Å²) in [5, 5.41) is 0.142. The first-order valence-corrected chi connectivity index (χ1v) is 5.29. The number of hydrogen-bond acceptors (Lipinski definition) is 0. The molecule has 0 N–H and O–H groups in total. The second-order valence-corrected chi connectivity index (χ2v) is 3.61. The van der Waals surface area contributed by atoms with Crippen LogP contribution in [0.4, 0.5) is 4.39 Å². The van der Waals surface area contributed by atoms with Crippen molar-refractivity contribution in [2.45, 2.75) is 13.3 Å². The zero-order chi connectivity index (χ0) is 10.6. The largest absolute Gasteiger partial charge is 0.205 e. The molecule has 3 heteroatoms. The van der Waals surface area contributed by atoms with Gasteiger partial charge < -0.3 is 0 Å². The molecule has 0 saturated carbocycles. The third kappa shape index (κ3) is 2.73. The molecule has 0 fully saturated rings. The van der Waals surface area contributed by atoms with Crippen LogP contribution in [0.2, 0.25) is 5.02 Å². The minimum atomic E-state index is -0.384. The molecule has 0 aromatic heterocycles. The van der Waals surface area contributed by atoms with Crippen molar-refractivity contribution in [1.82, 2.24) is 0 Å². The molecule has 76 valence electrons. The molecular weight excluding hydrogens is 222 g/mol. The molecule has 0 nitrogen and oxygen atoms in total. The maximum atomic E-state index is 13.4. The molecule has 0 amide bonds. The highest BCUT2D eigenvalue weighted by Gasteiger charge is 2.04. The fourth-order valence-electron chi connectivity index (χ4n) is 1.09. The molecule has 14 heavy (non-hydrogen) atoms. The van der Waals surface area contributed by atoms with Crippen LogP contribution in [0.25, 0.3) is 6.08 Å². The number of halogens is 3. The molecule has 1 aromatic rings. The molecule has 0 radical (unpaired) electrons. The van der Waals surface area contributed by atoms with Crippen LogP contribution in [0, 0.1) is 5.82 Å². The summed E-state index contributed by atoms with van der Waals surface area (Å²) in [4.78, 5) is 0. The van der Waals surface area contributed by atoms with Gasteiger partial charge in [-0.2, -0.15) is 0 Å². The number of benzene rings is 1. The lowest BCUT2D eigenvalue weighted by atomic mass is 10.1. The van der Waals surface area contributed by atoms with E-state index in [9.17, 15) is 4.39 Å². The zero-order valence-electron chi connectivity index (χ0n) is 7.86. The van der Waals surface area contributed by atoms with Crippen molar-refractivity contribution in [1.29, 1.82) is 0 Å². The molecule has 0 aliphatic carbocycles. The number of allylic oxidation sites excluding steroid dienone is 1. The molecule has 0 unspecified atom stereocenters. The van der Waals surface area contributed by atoms with Gasteiger partial charge in [-0.1, -0.05) is 42.3 Å². The first-order chi connectivity index (χ1) is 6.69. The second kappa shape index (κ2) is 5.38. The highest BCUT2D eigenvalue weighted by atomic mass is 35.5. The Kier molecular flexibility index (Phi) is 4.43. The maximum absolute atomic E-state index is 13.4. The van der Waals surface area contributed by atoms with Gasteiger partial charge in [-0.25, -0.2) is 4.39 Å². The van der Waals surface area contributed by atoms with Crippen LogP contribution in [0.15, 0.2) is 23.8 Å². The summed E-state index contributed by atoms with van der Waals surface area (Å²) in [6.45, 7) is 1.98. The summed E-state index contributed by atoms with van der Waals surface area (Å²) in [5.74, 6) is 0.0351. The summed E-state index contributed by atoms with van der Waals surface area (Å²) in [5.41, 5.74) is 1.49. The van der Waals surface area contributed by atoms with E-state index in [0.29, 0.717) is 11.4 Å². The van der Waals surface area contributed by atoms with Gasteiger partial charge in [0.25, 0.3) is 0 Å². The van der Waals surface area contributed by atoms with Gasteiger partial charge in [0.1, 0.15) is 5.82 Å². The highest BCUT2D eigenvalue weighted by Crippen LogP contribution is 2.21. The van der Waals surface area contributed by atoms with Gasteiger partial charge in [0, 0.05) is 11.4 Å². The van der Waals surface area contributed by atoms with Crippen LogP contribution >= 0.6 is 23.2 Å². The number of alkyl halides is 1. The topological polar surface area (TPSA) is 0 Å². The fraction of sp³-hybridized carbons (Fsp3) is 0.273. The minimum Gasteiger partial charge on any atom is -0.205 e. The molecule has 0 heterocycles. The molecule has 1 aromatic carbocycles. The summed E-state index contributed by atoms with van der Waals surface area (Å²) in [7, 11) is 0. The van der Waals surface area contributed by atoms with Crippen LogP contribution < -0.4 is 0 Å². The molecule has 0 saturated heterocycles. The summed E-state index contributed by atoms with van der Waals surface area (Å²) >= 11 is 11.3. The van der Waals surface area contributed by atoms with Crippen LogP contribution in [0.3, 0.4) is 0 Å². The molecule has 0 atom stereocenters. The van der Waals surface area contributed by atoms with Gasteiger partial charge in [-0.15, -0.1) is 11.6 Å². The van der Waals surface area contributed by atoms with E-state index in [4.69, 9.17) is 23.2 Å². The van der Waals surface area contributed by atoms with Crippen molar-refractivity contribution in [3.8, 4) is 0 Å². The van der Waals surface area contributed by atoms with Gasteiger partial charge in [-0.3, -0.25) is 0 Å². The maximum Gasteiger partial charge on any atom is 0.148 e. The van der Waals surface area contributed by atoms with Crippen molar-refractivity contribution < 1.29 is 4.39 Å². The van der Waals surface area contributed by atoms with Crippen molar-refractivity contribution in [2.24, 2.45) is 0 Å². The molecule has 1 rings (SSSR count). The van der Waals surface area contributed by atoms with Crippen LogP contribution in [-0.2, 0) is 0 Å². The van der Waals surface area contributed by atoms with Gasteiger partial charge >= 0.3 is 0 Å². The Morgan fingerprint density at radius 1 is 1.50 bits per heavy atom. The fourth-order valence-corrected chi connectivity index (χ4v) is 1.53. The molecule has 0 aliphatic rings. The van der Waals surface area contributed by atoms with Gasteiger partial charge in [0.15, 0.2) is 0 Å². The Labute approximate surface area is 93.3 Å². The van der Waals surface area contributed by atoms with E-state index in [2.05, 4.69) is 0 Å². The lowest BCUT2D eigenvalue weighted by molar-refractivity contribution is 0.625. The SMILES string of the molecule is CC/C(=C/c1cccc(Cl)c1F)CCl. The minimum absolute atomic E-state index is 0.142. The zero-order valence-corrected chi connectivity index (χ0v) is 9.37. The van der Waals surface area contributed by atoms with E-state index in [-0.39, 0.29) is 10.8 Å².